The van der Waals surface area contributed by atoms with Gasteiger partial charge in [0.15, 0.2) is 6.61 Å². The molecule has 6 heteroatoms. The number of amides is 1. The lowest BCUT2D eigenvalue weighted by Crippen LogP contribution is -2.30. The topological polar surface area (TPSA) is 75.6 Å². The van der Waals surface area contributed by atoms with Gasteiger partial charge in [0.05, 0.1) is 5.56 Å². The maximum Gasteiger partial charge on any atom is 0.338 e. The van der Waals surface area contributed by atoms with Crippen LogP contribution < -0.4 is 5.32 Å². The van der Waals surface area contributed by atoms with E-state index >= 15 is 0 Å². The van der Waals surface area contributed by atoms with Crippen LogP contribution in [0.5, 0.6) is 5.75 Å². The molecule has 0 aliphatic carbocycles. The van der Waals surface area contributed by atoms with Crippen molar-refractivity contribution in [3.05, 3.63) is 65.5 Å². The van der Waals surface area contributed by atoms with Gasteiger partial charge in [0.25, 0.3) is 5.91 Å². The molecule has 0 heterocycles. The number of rotatable bonds is 6. The number of esters is 1. The molecule has 0 bridgehead atoms. The molecule has 0 aliphatic heterocycles. The Morgan fingerprint density at radius 3 is 2.57 bits per heavy atom. The molecular weight excluding hydrogens is 301 g/mol. The molecular formula is C17H16FNO4. The fraction of sp³-hybridized carbons (Fsp3) is 0.176. The van der Waals surface area contributed by atoms with Gasteiger partial charge >= 0.3 is 5.97 Å². The van der Waals surface area contributed by atoms with E-state index in [1.165, 1.54) is 36.4 Å². The molecule has 0 spiro atoms. The number of phenols is 1. The van der Waals surface area contributed by atoms with E-state index in [-0.39, 0.29) is 17.1 Å². The number of benzene rings is 2. The van der Waals surface area contributed by atoms with E-state index < -0.39 is 18.5 Å². The largest absolute Gasteiger partial charge is 0.508 e. The van der Waals surface area contributed by atoms with E-state index in [0.717, 1.165) is 5.56 Å². The van der Waals surface area contributed by atoms with Gasteiger partial charge in [0, 0.05) is 6.54 Å². The van der Waals surface area contributed by atoms with Crippen LogP contribution in [0.15, 0.2) is 48.5 Å². The van der Waals surface area contributed by atoms with E-state index in [1.807, 2.05) is 0 Å². The Morgan fingerprint density at radius 2 is 1.87 bits per heavy atom. The first kappa shape index (κ1) is 16.5. The standard InChI is InChI=1S/C17H16FNO4/c18-14-6-4-12(5-7-14)8-9-19-16(21)11-23-17(22)13-2-1-3-15(20)10-13/h1-7,10,20H,8-9,11H2,(H,19,21). The van der Waals surface area contributed by atoms with Crippen molar-refractivity contribution >= 4 is 11.9 Å². The fourth-order valence-corrected chi connectivity index (χ4v) is 1.90. The van der Waals surface area contributed by atoms with Crippen LogP contribution >= 0.6 is 0 Å². The molecule has 0 aliphatic rings. The van der Waals surface area contributed by atoms with Gasteiger partial charge in [-0.2, -0.15) is 0 Å². The lowest BCUT2D eigenvalue weighted by Gasteiger charge is -2.07. The first-order valence-corrected chi connectivity index (χ1v) is 7.02. The van der Waals surface area contributed by atoms with Crippen LogP contribution in [0.3, 0.4) is 0 Å². The minimum absolute atomic E-state index is 0.0526. The van der Waals surface area contributed by atoms with E-state index in [9.17, 15) is 19.1 Å². The monoisotopic (exact) mass is 317 g/mol. The predicted octanol–water partition coefficient (Wildman–Crippen LogP) is 2.05. The van der Waals surface area contributed by atoms with Gasteiger partial charge in [-0.3, -0.25) is 4.79 Å². The van der Waals surface area contributed by atoms with E-state index in [2.05, 4.69) is 5.32 Å². The van der Waals surface area contributed by atoms with Crippen molar-refractivity contribution in [3.63, 3.8) is 0 Å². The highest BCUT2D eigenvalue weighted by Crippen LogP contribution is 2.11. The number of ether oxygens (including phenoxy) is 1. The Hall–Kier alpha value is -2.89. The Labute approximate surface area is 132 Å². The highest BCUT2D eigenvalue weighted by Gasteiger charge is 2.10. The SMILES string of the molecule is O=C(COC(=O)c1cccc(O)c1)NCCc1ccc(F)cc1. The number of hydrogen-bond donors (Lipinski definition) is 2. The number of hydrogen-bond acceptors (Lipinski definition) is 4. The summed E-state index contributed by atoms with van der Waals surface area (Å²) in [7, 11) is 0. The van der Waals surface area contributed by atoms with Crippen LogP contribution in [-0.4, -0.2) is 30.1 Å². The maximum absolute atomic E-state index is 12.7. The molecule has 2 aromatic carbocycles. The van der Waals surface area contributed by atoms with Crippen molar-refractivity contribution in [1.29, 1.82) is 0 Å². The van der Waals surface area contributed by atoms with Crippen LogP contribution in [0.2, 0.25) is 0 Å². The summed E-state index contributed by atoms with van der Waals surface area (Å²) in [5, 5.41) is 11.9. The van der Waals surface area contributed by atoms with E-state index in [4.69, 9.17) is 4.74 Å². The summed E-state index contributed by atoms with van der Waals surface area (Å²) in [4.78, 5) is 23.3. The zero-order valence-corrected chi connectivity index (χ0v) is 12.3. The Kier molecular flexibility index (Phi) is 5.68. The average molecular weight is 317 g/mol. The molecule has 0 atom stereocenters. The van der Waals surface area contributed by atoms with Gasteiger partial charge in [0.2, 0.25) is 0 Å². The van der Waals surface area contributed by atoms with E-state index in [1.54, 1.807) is 12.1 Å². The lowest BCUT2D eigenvalue weighted by molar-refractivity contribution is -0.124. The maximum atomic E-state index is 12.7. The molecule has 2 N–H and O–H groups in total. The average Bonchev–Trinajstić information content (AvgIpc) is 2.54. The summed E-state index contributed by atoms with van der Waals surface area (Å²) < 4.78 is 17.6. The smallest absolute Gasteiger partial charge is 0.338 e. The van der Waals surface area contributed by atoms with Gasteiger partial charge in [-0.1, -0.05) is 18.2 Å². The molecule has 0 saturated heterocycles. The van der Waals surface area contributed by atoms with E-state index in [0.29, 0.717) is 13.0 Å². The van der Waals surface area contributed by atoms with Gasteiger partial charge in [-0.25, -0.2) is 9.18 Å². The van der Waals surface area contributed by atoms with Crippen LogP contribution in [0, 0.1) is 5.82 Å². The highest BCUT2D eigenvalue weighted by atomic mass is 19.1. The second-order valence-electron chi connectivity index (χ2n) is 4.85. The quantitative estimate of drug-likeness (QED) is 0.800. The van der Waals surface area contributed by atoms with Crippen molar-refractivity contribution < 1.29 is 23.8 Å². The van der Waals surface area contributed by atoms with Crippen LogP contribution in [0.4, 0.5) is 4.39 Å². The molecule has 2 aromatic rings. The predicted molar refractivity (Wildman–Crippen MR) is 81.5 cm³/mol. The summed E-state index contributed by atoms with van der Waals surface area (Å²) in [5.41, 5.74) is 1.06. The van der Waals surface area contributed by atoms with Crippen LogP contribution in [0.25, 0.3) is 0 Å². The second kappa shape index (κ2) is 7.93. The second-order valence-corrected chi connectivity index (χ2v) is 4.85. The van der Waals surface area contributed by atoms with Crippen molar-refractivity contribution in [2.75, 3.05) is 13.2 Å². The Balaban J connectivity index is 1.70. The number of phenolic OH excluding ortho intramolecular Hbond substituents is 1. The molecule has 5 nitrogen and oxygen atoms in total. The lowest BCUT2D eigenvalue weighted by atomic mass is 10.1. The van der Waals surface area contributed by atoms with Crippen molar-refractivity contribution in [1.82, 2.24) is 5.32 Å². The fourth-order valence-electron chi connectivity index (χ4n) is 1.90. The Morgan fingerprint density at radius 1 is 1.13 bits per heavy atom. The summed E-state index contributed by atoms with van der Waals surface area (Å²) in [5.74, 6) is -1.48. The van der Waals surface area contributed by atoms with Gasteiger partial charge in [-0.05, 0) is 42.3 Å². The summed E-state index contributed by atoms with van der Waals surface area (Å²) >= 11 is 0. The number of carbonyl (C=O) groups is 2. The minimum atomic E-state index is -0.686. The third-order valence-corrected chi connectivity index (χ3v) is 3.07. The molecule has 0 radical (unpaired) electrons. The first-order valence-electron chi connectivity index (χ1n) is 7.02. The van der Waals surface area contributed by atoms with Crippen molar-refractivity contribution in [3.8, 4) is 5.75 Å². The number of carbonyl (C=O) groups excluding carboxylic acids is 2. The molecule has 0 fully saturated rings. The zero-order valence-electron chi connectivity index (χ0n) is 12.3. The Bertz CT molecular complexity index is 685. The molecule has 0 unspecified atom stereocenters. The molecule has 2 rings (SSSR count). The number of aromatic hydroxyl groups is 1. The third-order valence-electron chi connectivity index (χ3n) is 3.07. The van der Waals surface area contributed by atoms with Crippen LogP contribution in [0.1, 0.15) is 15.9 Å². The third kappa shape index (κ3) is 5.43. The van der Waals surface area contributed by atoms with Crippen molar-refractivity contribution in [2.45, 2.75) is 6.42 Å². The summed E-state index contributed by atoms with van der Waals surface area (Å²) in [6.45, 7) is -0.0496. The van der Waals surface area contributed by atoms with Gasteiger partial charge in [-0.15, -0.1) is 0 Å². The molecule has 1 amide bonds. The molecule has 0 saturated carbocycles. The number of nitrogens with one attached hydrogen (secondary N) is 1. The molecule has 120 valence electrons. The normalized spacial score (nSPS) is 10.1. The molecule has 0 aromatic heterocycles. The summed E-state index contributed by atoms with van der Waals surface area (Å²) in [6, 6.07) is 11.7. The first-order chi connectivity index (χ1) is 11.0. The zero-order chi connectivity index (χ0) is 16.7. The highest BCUT2D eigenvalue weighted by molar-refractivity contribution is 5.91. The van der Waals surface area contributed by atoms with Crippen LogP contribution in [-0.2, 0) is 16.0 Å². The van der Waals surface area contributed by atoms with Gasteiger partial charge < -0.3 is 15.2 Å². The molecule has 23 heavy (non-hydrogen) atoms. The number of halogens is 1. The van der Waals surface area contributed by atoms with Gasteiger partial charge in [0.1, 0.15) is 11.6 Å². The van der Waals surface area contributed by atoms with Crippen molar-refractivity contribution in [2.24, 2.45) is 0 Å². The minimum Gasteiger partial charge on any atom is -0.508 e. The summed E-state index contributed by atoms with van der Waals surface area (Å²) in [6.07, 6.45) is 0.548.